The van der Waals surface area contributed by atoms with Gasteiger partial charge in [0.15, 0.2) is 15.6 Å². The molecule has 4 aromatic carbocycles. The molecule has 0 bridgehead atoms. The summed E-state index contributed by atoms with van der Waals surface area (Å²) < 4.78 is 29.1. The van der Waals surface area contributed by atoms with Crippen LogP contribution in [0.3, 0.4) is 0 Å². The van der Waals surface area contributed by atoms with E-state index in [9.17, 15) is 32.4 Å². The first-order valence-corrected chi connectivity index (χ1v) is 21.8. The Morgan fingerprint density at radius 1 is 0.763 bits per heavy atom. The summed E-state index contributed by atoms with van der Waals surface area (Å²) in [6.07, 6.45) is 1.73. The molecule has 312 valence electrons. The van der Waals surface area contributed by atoms with E-state index in [0.29, 0.717) is 31.4 Å². The number of nitrogens with one attached hydrogen (secondary N) is 3. The van der Waals surface area contributed by atoms with Gasteiger partial charge in [-0.05, 0) is 74.4 Å². The maximum absolute atomic E-state index is 13.7. The third kappa shape index (κ3) is 13.1. The normalized spacial score (nSPS) is 14.5. The van der Waals surface area contributed by atoms with Crippen LogP contribution in [0.15, 0.2) is 114 Å². The average molecular weight is 823 g/mol. The van der Waals surface area contributed by atoms with Crippen molar-refractivity contribution in [3.05, 3.63) is 137 Å². The molecule has 0 aliphatic carbocycles. The summed E-state index contributed by atoms with van der Waals surface area (Å²) in [6.45, 7) is 6.04. The number of Topliss-reactive ketones (excluding diaryl/α,β-unsaturated/α-hetero) is 1. The molecule has 12 nitrogen and oxygen atoms in total. The van der Waals surface area contributed by atoms with Crippen molar-refractivity contribution in [2.75, 3.05) is 19.3 Å². The van der Waals surface area contributed by atoms with Crippen LogP contribution in [-0.2, 0) is 41.9 Å². The van der Waals surface area contributed by atoms with Crippen molar-refractivity contribution in [3.8, 4) is 0 Å². The summed E-state index contributed by atoms with van der Waals surface area (Å²) in [5.74, 6) is -1.44. The van der Waals surface area contributed by atoms with Crippen LogP contribution in [0, 0.1) is 0 Å². The van der Waals surface area contributed by atoms with Crippen molar-refractivity contribution < 1.29 is 37.1 Å². The molecular weight excluding hydrogens is 769 g/mol. The number of hydrogen-bond acceptors (Lipinski definition) is 8. The minimum atomic E-state index is -3.42. The van der Waals surface area contributed by atoms with Gasteiger partial charge < -0.3 is 25.6 Å². The highest BCUT2D eigenvalue weighted by molar-refractivity contribution is 7.90. The van der Waals surface area contributed by atoms with Gasteiger partial charge in [0, 0.05) is 56.6 Å². The third-order valence-corrected chi connectivity index (χ3v) is 11.3. The quantitative estimate of drug-likeness (QED) is 0.0844. The van der Waals surface area contributed by atoms with E-state index in [1.807, 2.05) is 84.9 Å². The summed E-state index contributed by atoms with van der Waals surface area (Å²) in [4.78, 5) is 68.4. The van der Waals surface area contributed by atoms with Crippen LogP contribution in [0.4, 0.5) is 4.79 Å². The lowest BCUT2D eigenvalue weighted by Crippen LogP contribution is -2.52. The summed E-state index contributed by atoms with van der Waals surface area (Å²) in [6, 6.07) is 31.3. The van der Waals surface area contributed by atoms with E-state index in [-0.39, 0.29) is 66.7 Å². The number of ketones is 1. The standard InChI is InChI=1S/C46H54N4O8S/c1-46(2,3)58-45(55)49-39(43(53)48-30-38(32-15-7-5-8-16-32)33-17-9-6-10-18-33)21-13-14-28-47-44(54)40-29-35-19-11-12-20-36(35)31-50(40)42(52)27-26-41(51)34-22-24-37(25-23-34)59(4,56)57/h5-12,15-20,22-25,38-40H,13-14,21,26-31H2,1-4H3,(H,47,54)(H,48,53)(H,49,55)/t39-,40-/m0/s1. The van der Waals surface area contributed by atoms with E-state index >= 15 is 0 Å². The molecule has 0 unspecified atom stereocenters. The predicted octanol–water partition coefficient (Wildman–Crippen LogP) is 6.13. The second-order valence-corrected chi connectivity index (χ2v) is 17.9. The number of nitrogens with zero attached hydrogens (tertiary/aromatic N) is 1. The topological polar surface area (TPSA) is 168 Å². The predicted molar refractivity (Wildman–Crippen MR) is 225 cm³/mol. The first kappa shape index (κ1) is 44.3. The summed E-state index contributed by atoms with van der Waals surface area (Å²) in [5, 5.41) is 8.76. The third-order valence-electron chi connectivity index (χ3n) is 10.2. The molecule has 0 spiro atoms. The van der Waals surface area contributed by atoms with Crippen molar-refractivity contribution in [3.63, 3.8) is 0 Å². The smallest absolute Gasteiger partial charge is 0.408 e. The molecule has 0 saturated heterocycles. The monoisotopic (exact) mass is 822 g/mol. The Labute approximate surface area is 347 Å². The van der Waals surface area contributed by atoms with Crippen molar-refractivity contribution in [2.24, 2.45) is 0 Å². The van der Waals surface area contributed by atoms with E-state index < -0.39 is 33.6 Å². The molecule has 0 fully saturated rings. The molecule has 3 N–H and O–H groups in total. The van der Waals surface area contributed by atoms with Gasteiger partial charge in [-0.2, -0.15) is 0 Å². The SMILES string of the molecule is CC(C)(C)OC(=O)N[C@@H](CCCCNC(=O)[C@@H]1Cc2ccccc2CN1C(=O)CCC(=O)c1ccc(S(C)(=O)=O)cc1)C(=O)NCC(c1ccccc1)c1ccccc1. The van der Waals surface area contributed by atoms with Crippen LogP contribution in [0.2, 0.25) is 0 Å². The van der Waals surface area contributed by atoms with Gasteiger partial charge in [-0.3, -0.25) is 19.2 Å². The zero-order chi connectivity index (χ0) is 42.6. The Balaban J connectivity index is 1.18. The van der Waals surface area contributed by atoms with Gasteiger partial charge >= 0.3 is 6.09 Å². The molecule has 4 aromatic rings. The molecule has 2 atom stereocenters. The molecule has 13 heteroatoms. The summed E-state index contributed by atoms with van der Waals surface area (Å²) in [7, 11) is -3.42. The summed E-state index contributed by atoms with van der Waals surface area (Å²) in [5.41, 5.74) is 3.50. The summed E-state index contributed by atoms with van der Waals surface area (Å²) >= 11 is 0. The van der Waals surface area contributed by atoms with Crippen molar-refractivity contribution in [1.29, 1.82) is 0 Å². The Kier molecular flexibility index (Phi) is 15.2. The molecule has 59 heavy (non-hydrogen) atoms. The number of alkyl carbamates (subject to hydrolysis) is 1. The number of amides is 4. The molecule has 1 aliphatic heterocycles. The number of fused-ring (bicyclic) bond motifs is 1. The fraction of sp³-hybridized carbons (Fsp3) is 0.370. The van der Waals surface area contributed by atoms with Gasteiger partial charge in [0.05, 0.1) is 4.90 Å². The van der Waals surface area contributed by atoms with Crippen LogP contribution in [0.5, 0.6) is 0 Å². The van der Waals surface area contributed by atoms with Gasteiger partial charge in [0.2, 0.25) is 17.7 Å². The number of hydrogen-bond donors (Lipinski definition) is 3. The largest absolute Gasteiger partial charge is 0.444 e. The van der Waals surface area contributed by atoms with Gasteiger partial charge in [-0.1, -0.05) is 97.1 Å². The zero-order valence-electron chi connectivity index (χ0n) is 34.1. The fourth-order valence-corrected chi connectivity index (χ4v) is 7.69. The minimum Gasteiger partial charge on any atom is -0.444 e. The van der Waals surface area contributed by atoms with Gasteiger partial charge in [-0.15, -0.1) is 0 Å². The number of carbonyl (C=O) groups is 5. The lowest BCUT2D eigenvalue weighted by Gasteiger charge is -2.36. The zero-order valence-corrected chi connectivity index (χ0v) is 34.9. The van der Waals surface area contributed by atoms with Gasteiger partial charge in [-0.25, -0.2) is 13.2 Å². The number of sulfone groups is 1. The van der Waals surface area contributed by atoms with Crippen LogP contribution in [0.1, 0.15) is 91.4 Å². The Hall–Kier alpha value is -5.82. The highest BCUT2D eigenvalue weighted by Gasteiger charge is 2.34. The molecular formula is C46H54N4O8S. The molecule has 0 saturated carbocycles. The Morgan fingerprint density at radius 3 is 1.95 bits per heavy atom. The maximum Gasteiger partial charge on any atom is 0.408 e. The van der Waals surface area contributed by atoms with Gasteiger partial charge in [0.25, 0.3) is 0 Å². The molecule has 0 aromatic heterocycles. The van der Waals surface area contributed by atoms with Crippen molar-refractivity contribution in [1.82, 2.24) is 20.9 Å². The highest BCUT2D eigenvalue weighted by Crippen LogP contribution is 2.26. The fourth-order valence-electron chi connectivity index (χ4n) is 7.06. The van der Waals surface area contributed by atoms with Crippen molar-refractivity contribution in [2.45, 2.75) is 94.3 Å². The van der Waals surface area contributed by atoms with Crippen LogP contribution in [0.25, 0.3) is 0 Å². The van der Waals surface area contributed by atoms with E-state index in [0.717, 1.165) is 28.5 Å². The van der Waals surface area contributed by atoms with E-state index in [1.54, 1.807) is 20.8 Å². The van der Waals surface area contributed by atoms with Crippen LogP contribution in [-0.4, -0.2) is 79.9 Å². The van der Waals surface area contributed by atoms with Crippen LogP contribution >= 0.6 is 0 Å². The Bertz CT molecular complexity index is 2150. The Morgan fingerprint density at radius 2 is 1.36 bits per heavy atom. The minimum absolute atomic E-state index is 0.0977. The van der Waals surface area contributed by atoms with Gasteiger partial charge in [0.1, 0.15) is 17.7 Å². The number of unbranched alkanes of at least 4 members (excludes halogenated alkanes) is 1. The molecule has 5 rings (SSSR count). The lowest BCUT2D eigenvalue weighted by molar-refractivity contribution is -0.141. The first-order chi connectivity index (χ1) is 28.1. The number of ether oxygens (including phenoxy) is 1. The average Bonchev–Trinajstić information content (AvgIpc) is 3.21. The van der Waals surface area contributed by atoms with E-state index in [4.69, 9.17) is 4.74 Å². The van der Waals surface area contributed by atoms with Crippen LogP contribution < -0.4 is 16.0 Å². The first-order valence-electron chi connectivity index (χ1n) is 19.9. The maximum atomic E-state index is 13.7. The molecule has 1 heterocycles. The lowest BCUT2D eigenvalue weighted by atomic mass is 9.91. The number of rotatable bonds is 17. The number of benzene rings is 4. The molecule has 0 radical (unpaired) electrons. The van der Waals surface area contributed by atoms with E-state index in [1.165, 1.54) is 29.2 Å². The molecule has 4 amide bonds. The highest BCUT2D eigenvalue weighted by atomic mass is 32.2. The molecule has 1 aliphatic rings. The van der Waals surface area contributed by atoms with E-state index in [2.05, 4.69) is 16.0 Å². The second-order valence-electron chi connectivity index (χ2n) is 15.8. The van der Waals surface area contributed by atoms with Crippen molar-refractivity contribution >= 4 is 39.4 Å². The second kappa shape index (κ2) is 20.2. The number of carbonyl (C=O) groups excluding carboxylic acids is 5.